The predicted octanol–water partition coefficient (Wildman–Crippen LogP) is 2.47. The summed E-state index contributed by atoms with van der Waals surface area (Å²) in [6.45, 7) is 7.61. The molecule has 4 nitrogen and oxygen atoms in total. The Morgan fingerprint density at radius 3 is 2.65 bits per heavy atom. The van der Waals surface area contributed by atoms with E-state index in [-0.39, 0.29) is 0 Å². The Bertz CT molecular complexity index is 396. The molecule has 94 valence electrons. The molecule has 0 saturated heterocycles. The van der Waals surface area contributed by atoms with E-state index in [2.05, 4.69) is 29.1 Å². The van der Waals surface area contributed by atoms with Crippen LogP contribution in [0, 0.1) is 11.3 Å². The smallest absolute Gasteiger partial charge is 0.132 e. The molecular formula is C13H22N4. The van der Waals surface area contributed by atoms with Gasteiger partial charge in [0, 0.05) is 19.0 Å². The number of nitrogens with one attached hydrogen (secondary N) is 1. The monoisotopic (exact) mass is 234 g/mol. The predicted molar refractivity (Wildman–Crippen MR) is 70.8 cm³/mol. The van der Waals surface area contributed by atoms with Gasteiger partial charge in [-0.15, -0.1) is 0 Å². The number of rotatable bonds is 5. The SMILES string of the molecule is CCc1nc(N)cc(NCC2(C(C)C)CC2)n1. The minimum absolute atomic E-state index is 0.478. The topological polar surface area (TPSA) is 63.8 Å². The number of nitrogen functional groups attached to an aromatic ring is 1. The second kappa shape index (κ2) is 4.51. The number of hydrogen-bond acceptors (Lipinski definition) is 4. The van der Waals surface area contributed by atoms with Gasteiger partial charge in [-0.1, -0.05) is 20.8 Å². The van der Waals surface area contributed by atoms with Crippen molar-refractivity contribution in [2.75, 3.05) is 17.6 Å². The van der Waals surface area contributed by atoms with Gasteiger partial charge in [0.25, 0.3) is 0 Å². The summed E-state index contributed by atoms with van der Waals surface area (Å²) in [5.41, 5.74) is 6.24. The van der Waals surface area contributed by atoms with Crippen molar-refractivity contribution in [3.8, 4) is 0 Å². The molecule has 0 atom stereocenters. The van der Waals surface area contributed by atoms with E-state index in [0.29, 0.717) is 11.2 Å². The van der Waals surface area contributed by atoms with E-state index in [9.17, 15) is 0 Å². The summed E-state index contributed by atoms with van der Waals surface area (Å²) in [6, 6.07) is 1.82. The summed E-state index contributed by atoms with van der Waals surface area (Å²) in [5, 5.41) is 3.41. The van der Waals surface area contributed by atoms with Crippen LogP contribution < -0.4 is 11.1 Å². The molecule has 3 N–H and O–H groups in total. The van der Waals surface area contributed by atoms with Crippen molar-refractivity contribution in [3.05, 3.63) is 11.9 Å². The maximum atomic E-state index is 5.76. The first-order valence-corrected chi connectivity index (χ1v) is 6.43. The summed E-state index contributed by atoms with van der Waals surface area (Å²) >= 11 is 0. The lowest BCUT2D eigenvalue weighted by Crippen LogP contribution is -2.21. The van der Waals surface area contributed by atoms with Crippen LogP contribution in [0.1, 0.15) is 39.4 Å². The van der Waals surface area contributed by atoms with E-state index in [1.165, 1.54) is 12.8 Å². The lowest BCUT2D eigenvalue weighted by molar-refractivity contribution is 0.380. The summed E-state index contributed by atoms with van der Waals surface area (Å²) in [4.78, 5) is 8.61. The van der Waals surface area contributed by atoms with E-state index >= 15 is 0 Å². The van der Waals surface area contributed by atoms with Gasteiger partial charge in [0.2, 0.25) is 0 Å². The number of nitrogens with two attached hydrogens (primary N) is 1. The van der Waals surface area contributed by atoms with Crippen LogP contribution in [0.2, 0.25) is 0 Å². The zero-order valence-corrected chi connectivity index (χ0v) is 11.0. The molecule has 0 spiro atoms. The minimum atomic E-state index is 0.478. The molecule has 0 aromatic carbocycles. The van der Waals surface area contributed by atoms with Crippen molar-refractivity contribution >= 4 is 11.6 Å². The van der Waals surface area contributed by atoms with Gasteiger partial charge in [-0.25, -0.2) is 9.97 Å². The molecule has 0 radical (unpaired) electrons. The summed E-state index contributed by atoms with van der Waals surface area (Å²) in [7, 11) is 0. The van der Waals surface area contributed by atoms with Crippen LogP contribution >= 0.6 is 0 Å². The molecule has 1 saturated carbocycles. The van der Waals surface area contributed by atoms with Crippen molar-refractivity contribution in [3.63, 3.8) is 0 Å². The van der Waals surface area contributed by atoms with Crippen LogP contribution in [0.3, 0.4) is 0 Å². The van der Waals surface area contributed by atoms with E-state index in [4.69, 9.17) is 5.73 Å². The third-order valence-corrected chi connectivity index (χ3v) is 3.85. The lowest BCUT2D eigenvalue weighted by Gasteiger charge is -2.20. The van der Waals surface area contributed by atoms with Crippen LogP contribution in [-0.4, -0.2) is 16.5 Å². The van der Waals surface area contributed by atoms with Crippen LogP contribution in [0.5, 0.6) is 0 Å². The van der Waals surface area contributed by atoms with Crippen molar-refractivity contribution < 1.29 is 0 Å². The normalized spacial score (nSPS) is 17.2. The fourth-order valence-corrected chi connectivity index (χ4v) is 2.15. The van der Waals surface area contributed by atoms with Gasteiger partial charge in [-0.05, 0) is 24.2 Å². The van der Waals surface area contributed by atoms with E-state index in [0.717, 1.165) is 30.5 Å². The highest BCUT2D eigenvalue weighted by Gasteiger charge is 2.44. The molecule has 1 aliphatic rings. The highest BCUT2D eigenvalue weighted by molar-refractivity contribution is 5.45. The number of nitrogens with zero attached hydrogens (tertiary/aromatic N) is 2. The van der Waals surface area contributed by atoms with Gasteiger partial charge in [0.1, 0.15) is 17.5 Å². The molecule has 1 aromatic heterocycles. The molecule has 0 bridgehead atoms. The number of aromatic nitrogens is 2. The molecule has 2 rings (SSSR count). The molecular weight excluding hydrogens is 212 g/mol. The van der Waals surface area contributed by atoms with Crippen LogP contribution in [0.4, 0.5) is 11.6 Å². The Hall–Kier alpha value is -1.32. The molecule has 0 aliphatic heterocycles. The quantitative estimate of drug-likeness (QED) is 0.821. The largest absolute Gasteiger partial charge is 0.384 e. The van der Waals surface area contributed by atoms with Crippen molar-refractivity contribution in [1.82, 2.24) is 9.97 Å². The van der Waals surface area contributed by atoms with E-state index in [1.807, 2.05) is 13.0 Å². The van der Waals surface area contributed by atoms with Gasteiger partial charge in [-0.2, -0.15) is 0 Å². The van der Waals surface area contributed by atoms with Gasteiger partial charge >= 0.3 is 0 Å². The molecule has 1 fully saturated rings. The number of aryl methyl sites for hydroxylation is 1. The number of hydrogen-bond donors (Lipinski definition) is 2. The highest BCUT2D eigenvalue weighted by atomic mass is 15.1. The summed E-state index contributed by atoms with van der Waals surface area (Å²) in [5.74, 6) is 2.94. The molecule has 1 aromatic rings. The second-order valence-electron chi connectivity index (χ2n) is 5.32. The van der Waals surface area contributed by atoms with Gasteiger partial charge < -0.3 is 11.1 Å². The Labute approximate surface area is 103 Å². The first kappa shape index (κ1) is 12.1. The van der Waals surface area contributed by atoms with E-state index in [1.54, 1.807) is 0 Å². The zero-order valence-electron chi connectivity index (χ0n) is 11.0. The molecule has 0 unspecified atom stereocenters. The average molecular weight is 234 g/mol. The molecule has 0 amide bonds. The minimum Gasteiger partial charge on any atom is -0.384 e. The van der Waals surface area contributed by atoms with Gasteiger partial charge in [-0.3, -0.25) is 0 Å². The molecule has 1 aliphatic carbocycles. The Balaban J connectivity index is 2.02. The van der Waals surface area contributed by atoms with E-state index < -0.39 is 0 Å². The fraction of sp³-hybridized carbons (Fsp3) is 0.692. The zero-order chi connectivity index (χ0) is 12.5. The van der Waals surface area contributed by atoms with Crippen molar-refractivity contribution in [1.29, 1.82) is 0 Å². The number of anilines is 2. The molecule has 17 heavy (non-hydrogen) atoms. The summed E-state index contributed by atoms with van der Waals surface area (Å²) < 4.78 is 0. The maximum absolute atomic E-state index is 5.76. The maximum Gasteiger partial charge on any atom is 0.132 e. The lowest BCUT2D eigenvalue weighted by atomic mass is 9.92. The van der Waals surface area contributed by atoms with Crippen LogP contribution in [-0.2, 0) is 6.42 Å². The molecule has 1 heterocycles. The Kier molecular flexibility index (Phi) is 3.22. The van der Waals surface area contributed by atoms with Gasteiger partial charge in [0.15, 0.2) is 0 Å². The van der Waals surface area contributed by atoms with Gasteiger partial charge in [0.05, 0.1) is 0 Å². The Morgan fingerprint density at radius 1 is 1.41 bits per heavy atom. The first-order valence-electron chi connectivity index (χ1n) is 6.43. The van der Waals surface area contributed by atoms with Crippen LogP contribution in [0.15, 0.2) is 6.07 Å². The summed E-state index contributed by atoms with van der Waals surface area (Å²) in [6.07, 6.45) is 3.45. The van der Waals surface area contributed by atoms with Crippen molar-refractivity contribution in [2.24, 2.45) is 11.3 Å². The second-order valence-corrected chi connectivity index (χ2v) is 5.32. The third kappa shape index (κ3) is 2.68. The Morgan fingerprint density at radius 2 is 2.12 bits per heavy atom. The average Bonchev–Trinajstić information content (AvgIpc) is 3.06. The third-order valence-electron chi connectivity index (χ3n) is 3.85. The van der Waals surface area contributed by atoms with Crippen molar-refractivity contribution in [2.45, 2.75) is 40.0 Å². The fourth-order valence-electron chi connectivity index (χ4n) is 2.15. The first-order chi connectivity index (χ1) is 8.05. The standard InChI is InChI=1S/C13H22N4/c1-4-11-16-10(14)7-12(17-11)15-8-13(5-6-13)9(2)3/h7,9H,4-6,8H2,1-3H3,(H3,14,15,16,17). The highest BCUT2D eigenvalue weighted by Crippen LogP contribution is 2.51. The van der Waals surface area contributed by atoms with Crippen LogP contribution in [0.25, 0.3) is 0 Å². The molecule has 4 heteroatoms.